The smallest absolute Gasteiger partial charge is 0.119 e. The van der Waals surface area contributed by atoms with E-state index < -0.39 is 0 Å². The number of hydrogen-bond acceptors (Lipinski definition) is 4. The molecule has 2 rings (SSSR count). The Labute approximate surface area is 167 Å². The van der Waals surface area contributed by atoms with Crippen LogP contribution in [0.15, 0.2) is 71.8 Å². The molecule has 150 valence electrons. The second-order valence-corrected chi connectivity index (χ2v) is 6.57. The van der Waals surface area contributed by atoms with Crippen LogP contribution in [0.5, 0.6) is 11.5 Å². The summed E-state index contributed by atoms with van der Waals surface area (Å²) in [6, 6.07) is 16.0. The first-order valence-corrected chi connectivity index (χ1v) is 9.55. The number of ether oxygens (including phenoxy) is 2. The molecule has 0 fully saturated rings. The molecule has 4 nitrogen and oxygen atoms in total. The van der Waals surface area contributed by atoms with Crippen molar-refractivity contribution in [3.63, 3.8) is 0 Å². The lowest BCUT2D eigenvalue weighted by Gasteiger charge is -2.14. The molecule has 0 bridgehead atoms. The van der Waals surface area contributed by atoms with Gasteiger partial charge in [0.25, 0.3) is 0 Å². The molecule has 0 saturated carbocycles. The zero-order valence-corrected chi connectivity index (χ0v) is 16.7. The standard InChI is InChI=1S/C24H30O4/c1-27-23-10-5-7-19(17-23)15-21(9-3-4-13-25)22(12-14-26)16-20-8-6-11-24(18-20)28-2/h3,5-11,17-18,25-26H,4,12-16H2,1-2H3/b9-3+,22-21+. The van der Waals surface area contributed by atoms with Crippen molar-refractivity contribution in [3.8, 4) is 11.5 Å². The maximum atomic E-state index is 9.64. The largest absolute Gasteiger partial charge is 0.497 e. The number of rotatable bonds is 11. The third-order valence-corrected chi connectivity index (χ3v) is 4.56. The summed E-state index contributed by atoms with van der Waals surface area (Å²) in [4.78, 5) is 0. The number of allylic oxidation sites excluding steroid dienone is 2. The van der Waals surface area contributed by atoms with Gasteiger partial charge in [-0.25, -0.2) is 0 Å². The second-order valence-electron chi connectivity index (χ2n) is 6.57. The Morgan fingerprint density at radius 3 is 2.00 bits per heavy atom. The van der Waals surface area contributed by atoms with Gasteiger partial charge in [0.2, 0.25) is 0 Å². The van der Waals surface area contributed by atoms with Gasteiger partial charge in [-0.1, -0.05) is 42.0 Å². The van der Waals surface area contributed by atoms with E-state index in [2.05, 4.69) is 18.2 Å². The highest BCUT2D eigenvalue weighted by molar-refractivity contribution is 5.39. The highest BCUT2D eigenvalue weighted by Gasteiger charge is 2.09. The number of methoxy groups -OCH3 is 2. The predicted molar refractivity (Wildman–Crippen MR) is 113 cm³/mol. The van der Waals surface area contributed by atoms with Crippen LogP contribution in [0.3, 0.4) is 0 Å². The van der Waals surface area contributed by atoms with E-state index in [-0.39, 0.29) is 13.2 Å². The highest BCUT2D eigenvalue weighted by atomic mass is 16.5. The first-order chi connectivity index (χ1) is 13.7. The SMILES string of the molecule is COc1cccc(CC(/C=C/CCO)=C(\CCO)Cc2cccc(OC)c2)c1. The lowest BCUT2D eigenvalue weighted by Crippen LogP contribution is -2.02. The molecule has 0 spiro atoms. The summed E-state index contributed by atoms with van der Waals surface area (Å²) < 4.78 is 10.7. The van der Waals surface area contributed by atoms with Crippen LogP contribution >= 0.6 is 0 Å². The molecule has 0 saturated heterocycles. The maximum absolute atomic E-state index is 9.64. The summed E-state index contributed by atoms with van der Waals surface area (Å²) in [6.45, 7) is 0.211. The zero-order chi connectivity index (χ0) is 20.2. The summed E-state index contributed by atoms with van der Waals surface area (Å²) >= 11 is 0. The van der Waals surface area contributed by atoms with E-state index in [9.17, 15) is 5.11 Å². The fourth-order valence-corrected chi connectivity index (χ4v) is 3.13. The molecule has 0 aliphatic carbocycles. The molecule has 2 aromatic rings. The first kappa shape index (κ1) is 21.7. The Morgan fingerprint density at radius 2 is 1.46 bits per heavy atom. The molecule has 4 heteroatoms. The van der Waals surface area contributed by atoms with Gasteiger partial charge in [-0.15, -0.1) is 0 Å². The van der Waals surface area contributed by atoms with Gasteiger partial charge in [0.05, 0.1) is 14.2 Å². The Hall–Kier alpha value is -2.56. The van der Waals surface area contributed by atoms with Crippen LogP contribution in [0.2, 0.25) is 0 Å². The quantitative estimate of drug-likeness (QED) is 0.574. The number of aliphatic hydroxyl groups is 2. The molecule has 0 aliphatic heterocycles. The van der Waals surface area contributed by atoms with Crippen LogP contribution in [-0.4, -0.2) is 37.6 Å². The van der Waals surface area contributed by atoms with Crippen molar-refractivity contribution in [2.24, 2.45) is 0 Å². The molecule has 2 N–H and O–H groups in total. The summed E-state index contributed by atoms with van der Waals surface area (Å²) in [5.74, 6) is 1.65. The van der Waals surface area contributed by atoms with E-state index in [0.29, 0.717) is 12.8 Å². The summed E-state index contributed by atoms with van der Waals surface area (Å²) in [5.41, 5.74) is 4.61. The van der Waals surface area contributed by atoms with Crippen molar-refractivity contribution in [1.82, 2.24) is 0 Å². The van der Waals surface area contributed by atoms with Crippen LogP contribution in [0, 0.1) is 0 Å². The normalized spacial score (nSPS) is 12.1. The van der Waals surface area contributed by atoms with Gasteiger partial charge in [0.1, 0.15) is 11.5 Å². The van der Waals surface area contributed by atoms with Crippen LogP contribution < -0.4 is 9.47 Å². The molecular weight excluding hydrogens is 352 g/mol. The molecule has 2 aromatic carbocycles. The van der Waals surface area contributed by atoms with E-state index >= 15 is 0 Å². The highest BCUT2D eigenvalue weighted by Crippen LogP contribution is 2.24. The third kappa shape index (κ3) is 6.87. The van der Waals surface area contributed by atoms with Crippen molar-refractivity contribution < 1.29 is 19.7 Å². The molecule has 28 heavy (non-hydrogen) atoms. The van der Waals surface area contributed by atoms with Gasteiger partial charge in [-0.2, -0.15) is 0 Å². The summed E-state index contributed by atoms with van der Waals surface area (Å²) in [7, 11) is 3.33. The number of benzene rings is 2. The zero-order valence-electron chi connectivity index (χ0n) is 16.7. The van der Waals surface area contributed by atoms with Gasteiger partial charge in [-0.3, -0.25) is 0 Å². The molecule has 0 aromatic heterocycles. The summed E-state index contributed by atoms with van der Waals surface area (Å²) in [5, 5.41) is 18.8. The van der Waals surface area contributed by atoms with E-state index in [4.69, 9.17) is 14.6 Å². The van der Waals surface area contributed by atoms with E-state index in [1.807, 2.05) is 42.5 Å². The number of aliphatic hydroxyl groups excluding tert-OH is 2. The molecule has 0 aliphatic rings. The fourth-order valence-electron chi connectivity index (χ4n) is 3.13. The minimum absolute atomic E-state index is 0.0920. The van der Waals surface area contributed by atoms with Crippen LogP contribution in [-0.2, 0) is 12.8 Å². The van der Waals surface area contributed by atoms with E-state index in [1.165, 1.54) is 5.57 Å². The third-order valence-electron chi connectivity index (χ3n) is 4.56. The van der Waals surface area contributed by atoms with Gasteiger partial charge in [0, 0.05) is 13.2 Å². The molecule has 0 unspecified atom stereocenters. The van der Waals surface area contributed by atoms with Crippen molar-refractivity contribution in [2.75, 3.05) is 27.4 Å². The average Bonchev–Trinajstić information content (AvgIpc) is 2.73. The Kier molecular flexibility index (Phi) is 9.32. The van der Waals surface area contributed by atoms with Gasteiger partial charge < -0.3 is 19.7 Å². The van der Waals surface area contributed by atoms with Crippen LogP contribution in [0.25, 0.3) is 0 Å². The average molecular weight is 383 g/mol. The first-order valence-electron chi connectivity index (χ1n) is 9.55. The Morgan fingerprint density at radius 1 is 0.857 bits per heavy atom. The molecule has 0 atom stereocenters. The maximum Gasteiger partial charge on any atom is 0.119 e. The second kappa shape index (κ2) is 12.0. The molecule has 0 amide bonds. The van der Waals surface area contributed by atoms with Gasteiger partial charge >= 0.3 is 0 Å². The monoisotopic (exact) mass is 382 g/mol. The topological polar surface area (TPSA) is 58.9 Å². The molecule has 0 heterocycles. The van der Waals surface area contributed by atoms with Gasteiger partial charge in [0.15, 0.2) is 0 Å². The van der Waals surface area contributed by atoms with E-state index in [0.717, 1.165) is 41.0 Å². The predicted octanol–water partition coefficient (Wildman–Crippen LogP) is 4.11. The summed E-state index contributed by atoms with van der Waals surface area (Å²) in [6.07, 6.45) is 6.73. The molecular formula is C24H30O4. The fraction of sp³-hybridized carbons (Fsp3) is 0.333. The van der Waals surface area contributed by atoms with Crippen LogP contribution in [0.1, 0.15) is 24.0 Å². The minimum atomic E-state index is 0.0920. The Balaban J connectivity index is 2.38. The van der Waals surface area contributed by atoms with Crippen molar-refractivity contribution in [2.45, 2.75) is 25.7 Å². The van der Waals surface area contributed by atoms with Crippen LogP contribution in [0.4, 0.5) is 0 Å². The van der Waals surface area contributed by atoms with Crippen molar-refractivity contribution in [1.29, 1.82) is 0 Å². The minimum Gasteiger partial charge on any atom is -0.497 e. The van der Waals surface area contributed by atoms with Crippen molar-refractivity contribution in [3.05, 3.63) is 83.0 Å². The lowest BCUT2D eigenvalue weighted by atomic mass is 9.92. The lowest BCUT2D eigenvalue weighted by molar-refractivity contribution is 0.298. The van der Waals surface area contributed by atoms with E-state index in [1.54, 1.807) is 14.2 Å². The molecule has 0 radical (unpaired) electrons. The van der Waals surface area contributed by atoms with Gasteiger partial charge in [-0.05, 0) is 66.6 Å². The van der Waals surface area contributed by atoms with Crippen molar-refractivity contribution >= 4 is 0 Å². The Bertz CT molecular complexity index is 793. The number of hydrogen-bond donors (Lipinski definition) is 2.